The molecule has 2 rings (SSSR count). The summed E-state index contributed by atoms with van der Waals surface area (Å²) in [7, 11) is 0. The number of carbonyl (C=O) groups is 1. The molecule has 1 heterocycles. The van der Waals surface area contributed by atoms with Gasteiger partial charge < -0.3 is 10.6 Å². The maximum Gasteiger partial charge on any atom is 0.238 e. The normalized spacial score (nSPS) is 10.5. The fourth-order valence-corrected chi connectivity index (χ4v) is 2.43. The van der Waals surface area contributed by atoms with E-state index in [2.05, 4.69) is 21.0 Å². The summed E-state index contributed by atoms with van der Waals surface area (Å²) in [5.41, 5.74) is 3.09. The molecule has 1 aromatic carbocycles. The van der Waals surface area contributed by atoms with Gasteiger partial charge >= 0.3 is 0 Å². The number of nitrogens with zero attached hydrogens (tertiary/aromatic N) is 1. The first-order chi connectivity index (χ1) is 9.63. The molecule has 2 aromatic rings. The van der Waals surface area contributed by atoms with Gasteiger partial charge in [-0.3, -0.25) is 4.79 Å². The van der Waals surface area contributed by atoms with Crippen molar-refractivity contribution in [1.29, 1.82) is 0 Å². The summed E-state index contributed by atoms with van der Waals surface area (Å²) in [6.07, 6.45) is 0.849. The van der Waals surface area contributed by atoms with Gasteiger partial charge in [-0.2, -0.15) is 0 Å². The maximum atomic E-state index is 11.7. The summed E-state index contributed by atoms with van der Waals surface area (Å²) in [5, 5.41) is 9.12. The molecule has 0 aliphatic carbocycles. The number of nitrogens with one attached hydrogen (secondary N) is 2. The predicted octanol–water partition coefficient (Wildman–Crippen LogP) is 2.53. The van der Waals surface area contributed by atoms with Gasteiger partial charge in [0.25, 0.3) is 0 Å². The largest absolute Gasteiger partial charge is 0.325 e. The lowest BCUT2D eigenvalue weighted by atomic mass is 10.2. The molecule has 0 spiro atoms. The van der Waals surface area contributed by atoms with Crippen LogP contribution in [0.2, 0.25) is 0 Å². The van der Waals surface area contributed by atoms with Crippen molar-refractivity contribution >= 4 is 22.9 Å². The van der Waals surface area contributed by atoms with E-state index in [4.69, 9.17) is 0 Å². The molecule has 0 radical (unpaired) electrons. The van der Waals surface area contributed by atoms with E-state index in [0.717, 1.165) is 29.4 Å². The number of carbonyl (C=O) groups excluding carboxylic acids is 1. The minimum Gasteiger partial charge on any atom is -0.325 e. The highest BCUT2D eigenvalue weighted by atomic mass is 32.1. The second kappa shape index (κ2) is 7.17. The van der Waals surface area contributed by atoms with Crippen molar-refractivity contribution in [2.75, 3.05) is 18.4 Å². The van der Waals surface area contributed by atoms with Crippen LogP contribution < -0.4 is 10.6 Å². The van der Waals surface area contributed by atoms with Crippen LogP contribution in [-0.4, -0.2) is 24.0 Å². The van der Waals surface area contributed by atoms with Crippen molar-refractivity contribution in [2.24, 2.45) is 0 Å². The van der Waals surface area contributed by atoms with Gasteiger partial charge in [-0.25, -0.2) is 4.98 Å². The molecule has 106 valence electrons. The molecule has 4 nitrogen and oxygen atoms in total. The third-order valence-electron chi connectivity index (χ3n) is 2.85. The van der Waals surface area contributed by atoms with Crippen LogP contribution in [0.4, 0.5) is 5.69 Å². The van der Waals surface area contributed by atoms with E-state index < -0.39 is 0 Å². The lowest BCUT2D eigenvalue weighted by Gasteiger charge is -2.06. The molecule has 1 aromatic heterocycles. The Hall–Kier alpha value is -1.72. The lowest BCUT2D eigenvalue weighted by Crippen LogP contribution is -2.29. The highest BCUT2D eigenvalue weighted by Gasteiger charge is 2.02. The van der Waals surface area contributed by atoms with E-state index in [0.29, 0.717) is 6.54 Å². The van der Waals surface area contributed by atoms with Gasteiger partial charge in [0.15, 0.2) is 0 Å². The zero-order valence-electron chi connectivity index (χ0n) is 11.8. The Morgan fingerprint density at radius 2 is 2.00 bits per heavy atom. The first-order valence-corrected chi connectivity index (χ1v) is 7.50. The van der Waals surface area contributed by atoms with Gasteiger partial charge in [0.05, 0.1) is 17.2 Å². The van der Waals surface area contributed by atoms with Crippen LogP contribution in [0.15, 0.2) is 29.6 Å². The van der Waals surface area contributed by atoms with Gasteiger partial charge in [-0.1, -0.05) is 17.7 Å². The van der Waals surface area contributed by atoms with Crippen LogP contribution in [0, 0.1) is 13.8 Å². The predicted molar refractivity (Wildman–Crippen MR) is 83.2 cm³/mol. The van der Waals surface area contributed by atoms with Crippen molar-refractivity contribution in [3.05, 3.63) is 45.9 Å². The Morgan fingerprint density at radius 3 is 2.65 bits per heavy atom. The molecular formula is C15H19N3OS. The van der Waals surface area contributed by atoms with E-state index in [1.54, 1.807) is 11.3 Å². The molecule has 0 saturated heterocycles. The van der Waals surface area contributed by atoms with Crippen molar-refractivity contribution in [1.82, 2.24) is 10.3 Å². The summed E-state index contributed by atoms with van der Waals surface area (Å²) in [4.78, 5) is 16.1. The molecule has 1 amide bonds. The van der Waals surface area contributed by atoms with E-state index in [1.165, 1.54) is 5.56 Å². The zero-order valence-corrected chi connectivity index (χ0v) is 12.6. The van der Waals surface area contributed by atoms with E-state index in [1.807, 2.05) is 38.1 Å². The van der Waals surface area contributed by atoms with Gasteiger partial charge in [-0.15, -0.1) is 11.3 Å². The molecule has 0 saturated carbocycles. The minimum atomic E-state index is -0.0247. The summed E-state index contributed by atoms with van der Waals surface area (Å²) in [6, 6.07) is 7.78. The Labute approximate surface area is 123 Å². The standard InChI is InChI=1S/C15H19N3OS/c1-11-3-5-13(6-4-11)18-15(19)9-16-8-7-14-10-20-12(2)17-14/h3-6,10,16H,7-9H2,1-2H3,(H,18,19). The van der Waals surface area contributed by atoms with Gasteiger partial charge in [0.2, 0.25) is 5.91 Å². The van der Waals surface area contributed by atoms with Crippen LogP contribution in [0.1, 0.15) is 16.3 Å². The number of benzene rings is 1. The van der Waals surface area contributed by atoms with Crippen LogP contribution in [-0.2, 0) is 11.2 Å². The number of hydrogen-bond acceptors (Lipinski definition) is 4. The third-order valence-corrected chi connectivity index (χ3v) is 3.67. The van der Waals surface area contributed by atoms with E-state index >= 15 is 0 Å². The molecule has 0 unspecified atom stereocenters. The molecule has 0 atom stereocenters. The van der Waals surface area contributed by atoms with Crippen LogP contribution in [0.5, 0.6) is 0 Å². The highest BCUT2D eigenvalue weighted by Crippen LogP contribution is 2.08. The smallest absolute Gasteiger partial charge is 0.238 e. The van der Waals surface area contributed by atoms with Crippen LogP contribution in [0.3, 0.4) is 0 Å². The number of aromatic nitrogens is 1. The topological polar surface area (TPSA) is 54.0 Å². The average Bonchev–Trinajstić information content (AvgIpc) is 2.83. The first-order valence-electron chi connectivity index (χ1n) is 6.62. The molecule has 20 heavy (non-hydrogen) atoms. The fraction of sp³-hybridized carbons (Fsp3) is 0.333. The molecule has 0 aliphatic heterocycles. The molecule has 0 bridgehead atoms. The fourth-order valence-electron chi connectivity index (χ4n) is 1.78. The number of hydrogen-bond donors (Lipinski definition) is 2. The quantitative estimate of drug-likeness (QED) is 0.804. The molecule has 5 heteroatoms. The minimum absolute atomic E-state index is 0.0247. The Kier molecular flexibility index (Phi) is 5.26. The Morgan fingerprint density at radius 1 is 1.25 bits per heavy atom. The molecular weight excluding hydrogens is 270 g/mol. The van der Waals surface area contributed by atoms with Gasteiger partial charge in [0.1, 0.15) is 0 Å². The van der Waals surface area contributed by atoms with Crippen molar-refractivity contribution in [3.63, 3.8) is 0 Å². The number of amides is 1. The van der Waals surface area contributed by atoms with Crippen molar-refractivity contribution < 1.29 is 4.79 Å². The lowest BCUT2D eigenvalue weighted by molar-refractivity contribution is -0.115. The number of anilines is 1. The summed E-state index contributed by atoms with van der Waals surface area (Å²) in [5.74, 6) is -0.0247. The Bertz CT molecular complexity index is 563. The van der Waals surface area contributed by atoms with Crippen LogP contribution >= 0.6 is 11.3 Å². The molecule has 0 fully saturated rings. The van der Waals surface area contributed by atoms with E-state index in [9.17, 15) is 4.79 Å². The Balaban J connectivity index is 1.66. The molecule has 2 N–H and O–H groups in total. The summed E-state index contributed by atoms with van der Waals surface area (Å²) in [6.45, 7) is 5.09. The monoisotopic (exact) mass is 289 g/mol. The van der Waals surface area contributed by atoms with Crippen molar-refractivity contribution in [3.8, 4) is 0 Å². The molecule has 0 aliphatic rings. The third kappa shape index (κ3) is 4.75. The van der Waals surface area contributed by atoms with Gasteiger partial charge in [-0.05, 0) is 26.0 Å². The highest BCUT2D eigenvalue weighted by molar-refractivity contribution is 7.09. The SMILES string of the molecule is Cc1ccc(NC(=O)CNCCc2csc(C)n2)cc1. The zero-order chi connectivity index (χ0) is 14.4. The average molecular weight is 289 g/mol. The second-order valence-corrected chi connectivity index (χ2v) is 5.76. The first kappa shape index (κ1) is 14.7. The van der Waals surface area contributed by atoms with Gasteiger partial charge in [0, 0.05) is 24.0 Å². The second-order valence-electron chi connectivity index (χ2n) is 4.70. The summed E-state index contributed by atoms with van der Waals surface area (Å²) < 4.78 is 0. The summed E-state index contributed by atoms with van der Waals surface area (Å²) >= 11 is 1.65. The number of rotatable bonds is 6. The van der Waals surface area contributed by atoms with E-state index in [-0.39, 0.29) is 5.91 Å². The maximum absolute atomic E-state index is 11.7. The number of aryl methyl sites for hydroxylation is 2. The number of thiazole rings is 1. The van der Waals surface area contributed by atoms with Crippen molar-refractivity contribution in [2.45, 2.75) is 20.3 Å². The van der Waals surface area contributed by atoms with Crippen LogP contribution in [0.25, 0.3) is 0 Å².